The number of aliphatic hydroxyl groups is 2. The van der Waals surface area contributed by atoms with Gasteiger partial charge in [0.05, 0.1) is 11.2 Å². The van der Waals surface area contributed by atoms with Gasteiger partial charge in [0.2, 0.25) is 0 Å². The average molecular weight is 433 g/mol. The maximum absolute atomic E-state index is 12.2. The molecule has 4 fully saturated rings. The topological polar surface area (TPSA) is 93.1 Å². The Morgan fingerprint density at radius 2 is 1.84 bits per heavy atom. The summed E-state index contributed by atoms with van der Waals surface area (Å²) in [5.41, 5.74) is -2.06. The number of hydrogen-bond acceptors (Lipinski definition) is 6. The van der Waals surface area contributed by atoms with Crippen LogP contribution in [0, 0.1) is 28.6 Å². The van der Waals surface area contributed by atoms with E-state index in [-0.39, 0.29) is 30.0 Å². The Labute approximate surface area is 184 Å². The summed E-state index contributed by atoms with van der Waals surface area (Å²) >= 11 is 0. The zero-order chi connectivity index (χ0) is 22.2. The first-order chi connectivity index (χ1) is 14.5. The van der Waals surface area contributed by atoms with Crippen LogP contribution in [-0.2, 0) is 19.1 Å². The molecule has 0 aromatic heterocycles. The van der Waals surface area contributed by atoms with Crippen LogP contribution in [-0.4, -0.2) is 46.1 Å². The second-order valence-corrected chi connectivity index (χ2v) is 11.4. The van der Waals surface area contributed by atoms with Crippen molar-refractivity contribution in [1.29, 1.82) is 0 Å². The van der Waals surface area contributed by atoms with Crippen LogP contribution in [0.25, 0.3) is 0 Å². The number of fused-ring (bicyclic) bond motifs is 5. The van der Waals surface area contributed by atoms with Gasteiger partial charge in [-0.1, -0.05) is 13.8 Å². The lowest BCUT2D eigenvalue weighted by atomic mass is 9.42. The molecule has 0 aromatic rings. The van der Waals surface area contributed by atoms with E-state index < -0.39 is 22.6 Å². The third-order valence-electron chi connectivity index (χ3n) is 10.5. The Balaban J connectivity index is 1.43. The molecular formula is C25H36O6. The van der Waals surface area contributed by atoms with E-state index in [1.807, 2.05) is 6.92 Å². The van der Waals surface area contributed by atoms with Gasteiger partial charge in [-0.3, -0.25) is 4.79 Å². The Hall–Kier alpha value is -1.40. The Morgan fingerprint density at radius 3 is 2.52 bits per heavy atom. The average Bonchev–Trinajstić information content (AvgIpc) is 3.23. The molecule has 31 heavy (non-hydrogen) atoms. The minimum atomic E-state index is -1.19. The van der Waals surface area contributed by atoms with Crippen LogP contribution in [0.5, 0.6) is 0 Å². The number of carbonyl (C=O) groups is 2. The van der Waals surface area contributed by atoms with Crippen molar-refractivity contribution >= 4 is 11.9 Å². The monoisotopic (exact) mass is 432 g/mol. The molecule has 1 heterocycles. The number of carbonyl (C=O) groups excluding carboxylic acids is 2. The molecule has 4 saturated carbocycles. The van der Waals surface area contributed by atoms with Crippen molar-refractivity contribution in [3.05, 3.63) is 11.6 Å². The molecule has 0 saturated heterocycles. The van der Waals surface area contributed by atoms with Gasteiger partial charge in [0, 0.05) is 24.0 Å². The van der Waals surface area contributed by atoms with E-state index in [1.165, 1.54) is 13.0 Å². The summed E-state index contributed by atoms with van der Waals surface area (Å²) in [5.74, 6) is 0.460. The van der Waals surface area contributed by atoms with Crippen LogP contribution >= 0.6 is 0 Å². The lowest BCUT2D eigenvalue weighted by Gasteiger charge is -2.64. The number of hydrogen-bond donors (Lipinski definition) is 2. The highest BCUT2D eigenvalue weighted by atomic mass is 16.5. The second-order valence-electron chi connectivity index (χ2n) is 11.4. The zero-order valence-corrected chi connectivity index (χ0v) is 19.0. The predicted octanol–water partition coefficient (Wildman–Crippen LogP) is 3.29. The fourth-order valence-electron chi connectivity index (χ4n) is 8.67. The number of rotatable bonds is 2. The second kappa shape index (κ2) is 6.80. The first-order valence-electron chi connectivity index (χ1n) is 12.0. The van der Waals surface area contributed by atoms with E-state index >= 15 is 0 Å². The van der Waals surface area contributed by atoms with Gasteiger partial charge in [-0.2, -0.15) is 0 Å². The van der Waals surface area contributed by atoms with Crippen LogP contribution in [0.1, 0.15) is 78.6 Å². The fourth-order valence-corrected chi connectivity index (χ4v) is 8.67. The molecule has 0 radical (unpaired) electrons. The highest BCUT2D eigenvalue weighted by Crippen LogP contribution is 2.71. The summed E-state index contributed by atoms with van der Waals surface area (Å²) in [6, 6.07) is 0. The first-order valence-corrected chi connectivity index (χ1v) is 12.0. The molecule has 0 amide bonds. The normalized spacial score (nSPS) is 51.3. The van der Waals surface area contributed by atoms with Crippen LogP contribution in [0.15, 0.2) is 11.6 Å². The molecule has 2 N–H and O–H groups in total. The minimum Gasteiger partial charge on any atom is -0.463 e. The molecule has 172 valence electrons. The van der Waals surface area contributed by atoms with E-state index in [1.54, 1.807) is 0 Å². The summed E-state index contributed by atoms with van der Waals surface area (Å²) in [6.07, 6.45) is 9.00. The van der Waals surface area contributed by atoms with Crippen molar-refractivity contribution < 1.29 is 29.3 Å². The lowest BCUT2D eigenvalue weighted by Crippen LogP contribution is -2.65. The molecule has 0 unspecified atom stereocenters. The smallest absolute Gasteiger partial charge is 0.331 e. The summed E-state index contributed by atoms with van der Waals surface area (Å²) in [4.78, 5) is 23.2. The third-order valence-corrected chi connectivity index (χ3v) is 10.5. The predicted molar refractivity (Wildman–Crippen MR) is 113 cm³/mol. The van der Waals surface area contributed by atoms with Crippen molar-refractivity contribution in [2.75, 3.05) is 6.61 Å². The summed E-state index contributed by atoms with van der Waals surface area (Å²) in [5, 5.41) is 24.0. The van der Waals surface area contributed by atoms with E-state index in [4.69, 9.17) is 9.47 Å². The Bertz CT molecular complexity index is 836. The standard InChI is InChI=1S/C25H36O6/c1-15(26)31-18-6-8-22(2)16(12-18)4-5-20-19(22)7-9-23(3)24(28,10-11-25(20,23)29)17-13-21(27)30-14-17/h13,16,18-20,28-29H,4-12,14H2,1-3H3/t16-,18+,19+,20-,22+,23-,24+,25+/m1/s1. The van der Waals surface area contributed by atoms with Crippen molar-refractivity contribution in [2.24, 2.45) is 28.6 Å². The van der Waals surface area contributed by atoms with E-state index in [0.29, 0.717) is 30.3 Å². The molecule has 4 aliphatic carbocycles. The third kappa shape index (κ3) is 2.76. The molecule has 1 aliphatic heterocycles. The van der Waals surface area contributed by atoms with E-state index in [0.717, 1.165) is 44.9 Å². The SMILES string of the molecule is CC(=O)O[C@H]1CC[C@@]2(C)[C@H](CC[C@@H]3[C@@H]2CC[C@]2(C)[C@@](O)(C4=CC(=O)OC4)CC[C@]32O)C1. The fraction of sp³-hybridized carbons (Fsp3) is 0.840. The highest BCUT2D eigenvalue weighted by molar-refractivity contribution is 5.86. The zero-order valence-electron chi connectivity index (χ0n) is 19.0. The quantitative estimate of drug-likeness (QED) is 0.651. The van der Waals surface area contributed by atoms with Gasteiger partial charge in [-0.05, 0) is 81.0 Å². The maximum atomic E-state index is 12.2. The number of esters is 2. The van der Waals surface area contributed by atoms with Gasteiger partial charge in [0.1, 0.15) is 12.7 Å². The molecule has 0 spiro atoms. The molecule has 0 aromatic carbocycles. The van der Waals surface area contributed by atoms with E-state index in [9.17, 15) is 19.8 Å². The van der Waals surface area contributed by atoms with Gasteiger partial charge in [0.15, 0.2) is 0 Å². The summed E-state index contributed by atoms with van der Waals surface area (Å²) in [7, 11) is 0. The lowest BCUT2D eigenvalue weighted by molar-refractivity contribution is -0.230. The van der Waals surface area contributed by atoms with Crippen molar-refractivity contribution in [3.63, 3.8) is 0 Å². The maximum Gasteiger partial charge on any atom is 0.331 e. The largest absolute Gasteiger partial charge is 0.463 e. The van der Waals surface area contributed by atoms with Gasteiger partial charge in [0.25, 0.3) is 0 Å². The van der Waals surface area contributed by atoms with Crippen molar-refractivity contribution in [3.8, 4) is 0 Å². The van der Waals surface area contributed by atoms with Gasteiger partial charge in [-0.15, -0.1) is 0 Å². The highest BCUT2D eigenvalue weighted by Gasteiger charge is 2.72. The van der Waals surface area contributed by atoms with Gasteiger partial charge >= 0.3 is 11.9 Å². The number of ether oxygens (including phenoxy) is 2. The summed E-state index contributed by atoms with van der Waals surface area (Å²) < 4.78 is 10.7. The molecule has 6 heteroatoms. The molecule has 6 nitrogen and oxygen atoms in total. The van der Waals surface area contributed by atoms with E-state index in [2.05, 4.69) is 6.92 Å². The van der Waals surface area contributed by atoms with Crippen molar-refractivity contribution in [1.82, 2.24) is 0 Å². The molecule has 5 aliphatic rings. The molecular weight excluding hydrogens is 396 g/mol. The minimum absolute atomic E-state index is 0.0208. The van der Waals surface area contributed by atoms with Crippen LogP contribution in [0.3, 0.4) is 0 Å². The van der Waals surface area contributed by atoms with Crippen LogP contribution < -0.4 is 0 Å². The van der Waals surface area contributed by atoms with Crippen molar-refractivity contribution in [2.45, 2.75) is 95.9 Å². The molecule has 0 bridgehead atoms. The Morgan fingerprint density at radius 1 is 1.06 bits per heavy atom. The first kappa shape index (κ1) is 21.4. The Kier molecular flexibility index (Phi) is 4.70. The molecule has 5 rings (SSSR count). The summed E-state index contributed by atoms with van der Waals surface area (Å²) in [6.45, 7) is 6.04. The van der Waals surface area contributed by atoms with Gasteiger partial charge < -0.3 is 19.7 Å². The molecule has 8 atom stereocenters. The van der Waals surface area contributed by atoms with Crippen LogP contribution in [0.2, 0.25) is 0 Å². The number of cyclic esters (lactones) is 1. The van der Waals surface area contributed by atoms with Gasteiger partial charge in [-0.25, -0.2) is 4.79 Å². The van der Waals surface area contributed by atoms with Crippen LogP contribution in [0.4, 0.5) is 0 Å².